The van der Waals surface area contributed by atoms with Gasteiger partial charge in [0.1, 0.15) is 5.78 Å². The number of hydrogen-bond donors (Lipinski definition) is 0. The number of ketones is 1. The molecule has 0 bridgehead atoms. The summed E-state index contributed by atoms with van der Waals surface area (Å²) in [6.07, 6.45) is 7.31. The maximum absolute atomic E-state index is 11.0. The lowest BCUT2D eigenvalue weighted by Gasteiger charge is -2.03. The Hall–Kier alpha value is -0.590. The first-order valence-corrected chi connectivity index (χ1v) is 3.57. The lowest BCUT2D eigenvalue weighted by molar-refractivity contribution is -0.120. The van der Waals surface area contributed by atoms with E-state index in [-0.39, 0.29) is 0 Å². The lowest BCUT2D eigenvalue weighted by atomic mass is 10.00. The van der Waals surface area contributed by atoms with Gasteiger partial charge in [0, 0.05) is 12.3 Å². The van der Waals surface area contributed by atoms with Gasteiger partial charge in [-0.3, -0.25) is 4.79 Å². The summed E-state index contributed by atoms with van der Waals surface area (Å²) >= 11 is 0. The molecular formula is C8H10O. The van der Waals surface area contributed by atoms with E-state index in [1.54, 1.807) is 0 Å². The minimum atomic E-state index is 0.394. The standard InChI is InChI=1S/C8H10O/c9-8-5-4-6-2-1-3-7(6)8/h1-2,6-7H,3-5H2. The van der Waals surface area contributed by atoms with Crippen LogP contribution in [0.2, 0.25) is 0 Å². The Morgan fingerprint density at radius 2 is 2.44 bits per heavy atom. The Morgan fingerprint density at radius 3 is 3.22 bits per heavy atom. The van der Waals surface area contributed by atoms with Crippen LogP contribution in [-0.2, 0) is 4.79 Å². The van der Waals surface area contributed by atoms with E-state index in [9.17, 15) is 4.79 Å². The second-order valence-corrected chi connectivity index (χ2v) is 2.94. The van der Waals surface area contributed by atoms with Crippen LogP contribution in [0.15, 0.2) is 12.2 Å². The summed E-state index contributed by atoms with van der Waals surface area (Å²) in [4.78, 5) is 11.0. The van der Waals surface area contributed by atoms with Crippen molar-refractivity contribution in [2.24, 2.45) is 11.8 Å². The third-order valence-electron chi connectivity index (χ3n) is 2.43. The molecule has 1 nitrogen and oxygen atoms in total. The number of allylic oxidation sites excluding steroid dienone is 2. The highest BCUT2D eigenvalue weighted by Gasteiger charge is 2.34. The van der Waals surface area contributed by atoms with Gasteiger partial charge in [-0.1, -0.05) is 12.2 Å². The zero-order valence-corrected chi connectivity index (χ0v) is 5.34. The second kappa shape index (κ2) is 1.69. The van der Waals surface area contributed by atoms with Crippen molar-refractivity contribution in [3.05, 3.63) is 12.2 Å². The summed E-state index contributed by atoms with van der Waals surface area (Å²) < 4.78 is 0. The van der Waals surface area contributed by atoms with Gasteiger partial charge < -0.3 is 0 Å². The fourth-order valence-electron chi connectivity index (χ4n) is 1.87. The van der Waals surface area contributed by atoms with Gasteiger partial charge in [-0.25, -0.2) is 0 Å². The van der Waals surface area contributed by atoms with Gasteiger partial charge in [-0.15, -0.1) is 0 Å². The van der Waals surface area contributed by atoms with E-state index in [0.29, 0.717) is 17.6 Å². The Labute approximate surface area is 54.8 Å². The molecule has 0 saturated heterocycles. The van der Waals surface area contributed by atoms with E-state index in [1.807, 2.05) is 0 Å². The van der Waals surface area contributed by atoms with Crippen LogP contribution in [0.1, 0.15) is 19.3 Å². The maximum Gasteiger partial charge on any atom is 0.136 e. The molecule has 0 radical (unpaired) electrons. The van der Waals surface area contributed by atoms with Gasteiger partial charge in [0.15, 0.2) is 0 Å². The molecular weight excluding hydrogens is 112 g/mol. The third kappa shape index (κ3) is 0.640. The molecule has 9 heavy (non-hydrogen) atoms. The van der Waals surface area contributed by atoms with Crippen molar-refractivity contribution in [2.75, 3.05) is 0 Å². The quantitative estimate of drug-likeness (QED) is 0.445. The monoisotopic (exact) mass is 122 g/mol. The molecule has 2 aliphatic rings. The molecule has 0 spiro atoms. The Morgan fingerprint density at radius 1 is 1.56 bits per heavy atom. The minimum Gasteiger partial charge on any atom is -0.299 e. The maximum atomic E-state index is 11.0. The molecule has 2 atom stereocenters. The first kappa shape index (κ1) is 5.21. The molecule has 1 heteroatoms. The Balaban J connectivity index is 2.22. The van der Waals surface area contributed by atoms with E-state index in [0.717, 1.165) is 19.3 Å². The molecule has 2 aliphatic carbocycles. The molecule has 48 valence electrons. The summed E-state index contributed by atoms with van der Waals surface area (Å²) in [5.74, 6) is 1.51. The van der Waals surface area contributed by atoms with Crippen molar-refractivity contribution in [2.45, 2.75) is 19.3 Å². The lowest BCUT2D eigenvalue weighted by Crippen LogP contribution is -2.07. The average Bonchev–Trinajstić information content (AvgIpc) is 2.35. The van der Waals surface area contributed by atoms with Gasteiger partial charge in [-0.2, -0.15) is 0 Å². The van der Waals surface area contributed by atoms with Crippen LogP contribution in [0.4, 0.5) is 0 Å². The van der Waals surface area contributed by atoms with Gasteiger partial charge in [0.25, 0.3) is 0 Å². The molecule has 2 rings (SSSR count). The first-order chi connectivity index (χ1) is 4.38. The molecule has 0 aromatic carbocycles. The highest BCUT2D eigenvalue weighted by molar-refractivity contribution is 5.84. The number of rotatable bonds is 0. The summed E-state index contributed by atoms with van der Waals surface area (Å²) in [6.45, 7) is 0. The zero-order chi connectivity index (χ0) is 6.27. The Bertz CT molecular complexity index is 169. The minimum absolute atomic E-state index is 0.394. The van der Waals surface area contributed by atoms with E-state index >= 15 is 0 Å². The van der Waals surface area contributed by atoms with Gasteiger partial charge in [0.05, 0.1) is 0 Å². The summed E-state index contributed by atoms with van der Waals surface area (Å²) in [6, 6.07) is 0. The van der Waals surface area contributed by atoms with Crippen LogP contribution >= 0.6 is 0 Å². The topological polar surface area (TPSA) is 17.1 Å². The molecule has 0 aromatic rings. The van der Waals surface area contributed by atoms with Crippen LogP contribution in [-0.4, -0.2) is 5.78 Å². The van der Waals surface area contributed by atoms with Crippen molar-refractivity contribution in [3.63, 3.8) is 0 Å². The number of fused-ring (bicyclic) bond motifs is 1. The van der Waals surface area contributed by atoms with E-state index in [2.05, 4.69) is 12.2 Å². The summed E-state index contributed by atoms with van der Waals surface area (Å²) in [7, 11) is 0. The molecule has 0 heterocycles. The second-order valence-electron chi connectivity index (χ2n) is 2.94. The van der Waals surface area contributed by atoms with Gasteiger partial charge in [-0.05, 0) is 18.8 Å². The number of Topliss-reactive ketones (excluding diaryl/α,β-unsaturated/α-hetero) is 1. The van der Waals surface area contributed by atoms with Crippen LogP contribution < -0.4 is 0 Å². The average molecular weight is 122 g/mol. The largest absolute Gasteiger partial charge is 0.299 e. The molecule has 1 saturated carbocycles. The van der Waals surface area contributed by atoms with E-state index < -0.39 is 0 Å². The summed E-state index contributed by atoms with van der Waals surface area (Å²) in [5, 5.41) is 0. The summed E-state index contributed by atoms with van der Waals surface area (Å²) in [5.41, 5.74) is 0. The predicted molar refractivity (Wildman–Crippen MR) is 35.0 cm³/mol. The normalized spacial score (nSPS) is 39.8. The Kier molecular flexibility index (Phi) is 0.981. The van der Waals surface area contributed by atoms with Crippen LogP contribution in [0.3, 0.4) is 0 Å². The number of carbonyl (C=O) groups is 1. The molecule has 1 fully saturated rings. The van der Waals surface area contributed by atoms with Crippen molar-refractivity contribution in [3.8, 4) is 0 Å². The fraction of sp³-hybridized carbons (Fsp3) is 0.625. The molecule has 0 aromatic heterocycles. The molecule has 0 aliphatic heterocycles. The highest BCUT2D eigenvalue weighted by Crippen LogP contribution is 2.36. The highest BCUT2D eigenvalue weighted by atomic mass is 16.1. The number of carbonyl (C=O) groups excluding carboxylic acids is 1. The zero-order valence-electron chi connectivity index (χ0n) is 5.34. The molecule has 2 unspecified atom stereocenters. The van der Waals surface area contributed by atoms with E-state index in [4.69, 9.17) is 0 Å². The number of hydrogen-bond acceptors (Lipinski definition) is 1. The fourth-order valence-corrected chi connectivity index (χ4v) is 1.87. The predicted octanol–water partition coefficient (Wildman–Crippen LogP) is 1.54. The van der Waals surface area contributed by atoms with Crippen LogP contribution in [0.5, 0.6) is 0 Å². The van der Waals surface area contributed by atoms with Gasteiger partial charge >= 0.3 is 0 Å². The van der Waals surface area contributed by atoms with E-state index in [1.165, 1.54) is 0 Å². The molecule has 0 N–H and O–H groups in total. The van der Waals surface area contributed by atoms with Crippen LogP contribution in [0.25, 0.3) is 0 Å². The van der Waals surface area contributed by atoms with Crippen molar-refractivity contribution in [1.82, 2.24) is 0 Å². The third-order valence-corrected chi connectivity index (χ3v) is 2.43. The SMILES string of the molecule is O=C1CCC2C=CCC12. The first-order valence-electron chi connectivity index (χ1n) is 3.57. The van der Waals surface area contributed by atoms with Crippen LogP contribution in [0, 0.1) is 11.8 Å². The van der Waals surface area contributed by atoms with Gasteiger partial charge in [0.2, 0.25) is 0 Å². The van der Waals surface area contributed by atoms with Crippen molar-refractivity contribution < 1.29 is 4.79 Å². The smallest absolute Gasteiger partial charge is 0.136 e. The van der Waals surface area contributed by atoms with Crippen molar-refractivity contribution in [1.29, 1.82) is 0 Å². The van der Waals surface area contributed by atoms with Crippen molar-refractivity contribution >= 4 is 5.78 Å². The molecule has 0 amide bonds.